The van der Waals surface area contributed by atoms with Gasteiger partial charge in [-0.15, -0.1) is 0 Å². The van der Waals surface area contributed by atoms with Crippen molar-refractivity contribution in [3.8, 4) is 5.75 Å². The van der Waals surface area contributed by atoms with Crippen LogP contribution in [0, 0.1) is 0 Å². The molecule has 0 radical (unpaired) electrons. The molecule has 3 heterocycles. The van der Waals surface area contributed by atoms with Crippen LogP contribution in [0.4, 0.5) is 0 Å². The lowest BCUT2D eigenvalue weighted by molar-refractivity contribution is 0.0784. The number of nitrogens with zero attached hydrogens (tertiary/aromatic N) is 2. The minimum absolute atomic E-state index is 0.246. The molecule has 0 saturated carbocycles. The minimum atomic E-state index is 0.246. The molecule has 0 aliphatic carbocycles. The first-order chi connectivity index (χ1) is 10.3. The second-order valence-electron chi connectivity index (χ2n) is 6.41. The zero-order chi connectivity index (χ0) is 14.2. The third-order valence-corrected chi connectivity index (χ3v) is 5.05. The Bertz CT molecular complexity index is 558. The molecule has 4 heteroatoms. The van der Waals surface area contributed by atoms with Crippen LogP contribution in [0.2, 0.25) is 0 Å². The van der Waals surface area contributed by atoms with Crippen LogP contribution >= 0.6 is 0 Å². The highest BCUT2D eigenvalue weighted by atomic mass is 16.5. The molecule has 0 spiro atoms. The lowest BCUT2D eigenvalue weighted by atomic mass is 10.0. The van der Waals surface area contributed by atoms with Crippen LogP contribution in [0.3, 0.4) is 0 Å². The molecule has 3 aliphatic heterocycles. The molecule has 1 aromatic carbocycles. The van der Waals surface area contributed by atoms with E-state index in [4.69, 9.17) is 4.74 Å². The molecule has 112 valence electrons. The number of benzene rings is 1. The van der Waals surface area contributed by atoms with Gasteiger partial charge < -0.3 is 4.74 Å². The molecule has 4 rings (SSSR count). The number of piperazine rings is 1. The van der Waals surface area contributed by atoms with Crippen molar-refractivity contribution in [2.45, 2.75) is 25.3 Å². The fraction of sp³-hybridized carbons (Fsp3) is 0.588. The number of hydrogen-bond donors (Lipinski definition) is 0. The fourth-order valence-corrected chi connectivity index (χ4v) is 3.85. The first-order valence-electron chi connectivity index (χ1n) is 8.05. The molecule has 4 nitrogen and oxygen atoms in total. The summed E-state index contributed by atoms with van der Waals surface area (Å²) in [6.07, 6.45) is 3.54. The van der Waals surface area contributed by atoms with Crippen LogP contribution < -0.4 is 4.74 Å². The highest BCUT2D eigenvalue weighted by Crippen LogP contribution is 2.26. The van der Waals surface area contributed by atoms with E-state index in [1.54, 1.807) is 0 Å². The molecule has 2 fully saturated rings. The van der Waals surface area contributed by atoms with Crippen molar-refractivity contribution in [2.75, 3.05) is 39.3 Å². The normalized spacial score (nSPS) is 25.4. The van der Waals surface area contributed by atoms with Gasteiger partial charge in [0.25, 0.3) is 0 Å². The number of carbonyl (C=O) groups is 1. The molecule has 1 unspecified atom stereocenters. The molecule has 0 bridgehead atoms. The van der Waals surface area contributed by atoms with E-state index in [0.29, 0.717) is 12.6 Å². The molecule has 21 heavy (non-hydrogen) atoms. The minimum Gasteiger partial charge on any atom is -0.493 e. The van der Waals surface area contributed by atoms with E-state index in [9.17, 15) is 4.79 Å². The van der Waals surface area contributed by atoms with Gasteiger partial charge in [-0.3, -0.25) is 14.6 Å². The van der Waals surface area contributed by atoms with Crippen LogP contribution in [0.5, 0.6) is 5.75 Å². The SMILES string of the molecule is O=C(CN1CCN2CCCC2C1)c1ccc2c(c1)CCO2. The van der Waals surface area contributed by atoms with E-state index in [2.05, 4.69) is 9.80 Å². The van der Waals surface area contributed by atoms with Gasteiger partial charge in [-0.05, 0) is 43.1 Å². The molecule has 3 aliphatic rings. The summed E-state index contributed by atoms with van der Waals surface area (Å²) in [6.45, 7) is 5.75. The second-order valence-corrected chi connectivity index (χ2v) is 6.41. The summed E-state index contributed by atoms with van der Waals surface area (Å²) in [7, 11) is 0. The molecular weight excluding hydrogens is 264 g/mol. The maximum Gasteiger partial charge on any atom is 0.176 e. The predicted molar refractivity (Wildman–Crippen MR) is 81.0 cm³/mol. The Morgan fingerprint density at radius 2 is 2.24 bits per heavy atom. The zero-order valence-electron chi connectivity index (χ0n) is 12.4. The largest absolute Gasteiger partial charge is 0.493 e. The zero-order valence-corrected chi connectivity index (χ0v) is 12.4. The topological polar surface area (TPSA) is 32.8 Å². The van der Waals surface area contributed by atoms with Crippen molar-refractivity contribution in [2.24, 2.45) is 0 Å². The fourth-order valence-electron chi connectivity index (χ4n) is 3.85. The Balaban J connectivity index is 1.41. The summed E-state index contributed by atoms with van der Waals surface area (Å²) in [6, 6.07) is 6.57. The molecule has 0 aromatic heterocycles. The molecular formula is C17H22N2O2. The van der Waals surface area contributed by atoms with E-state index in [-0.39, 0.29) is 5.78 Å². The lowest BCUT2D eigenvalue weighted by Crippen LogP contribution is -2.51. The van der Waals surface area contributed by atoms with Gasteiger partial charge in [0.15, 0.2) is 5.78 Å². The van der Waals surface area contributed by atoms with Gasteiger partial charge in [-0.1, -0.05) is 0 Å². The number of rotatable bonds is 3. The molecule has 1 aromatic rings. The molecule has 1 atom stereocenters. The first-order valence-corrected chi connectivity index (χ1v) is 8.05. The first kappa shape index (κ1) is 13.3. The quantitative estimate of drug-likeness (QED) is 0.790. The number of Topliss-reactive ketones (excluding diaryl/α,β-unsaturated/α-hetero) is 1. The molecule has 0 N–H and O–H groups in total. The number of fused-ring (bicyclic) bond motifs is 2. The predicted octanol–water partition coefficient (Wildman–Crippen LogP) is 1.58. The molecule has 2 saturated heterocycles. The Kier molecular flexibility index (Phi) is 3.43. The highest BCUT2D eigenvalue weighted by molar-refractivity contribution is 5.98. The van der Waals surface area contributed by atoms with Crippen LogP contribution in [0.25, 0.3) is 0 Å². The monoisotopic (exact) mass is 286 g/mol. The Labute approximate surface area is 125 Å². The van der Waals surface area contributed by atoms with E-state index in [1.165, 1.54) is 24.9 Å². The standard InChI is InChI=1S/C17H22N2O2/c20-16(13-3-4-17-14(10-13)5-9-21-17)12-18-7-8-19-6-1-2-15(19)11-18/h3-4,10,15H,1-2,5-9,11-12H2. The van der Waals surface area contributed by atoms with Gasteiger partial charge in [0, 0.05) is 37.7 Å². The van der Waals surface area contributed by atoms with E-state index in [0.717, 1.165) is 44.0 Å². The summed E-state index contributed by atoms with van der Waals surface area (Å²) in [5.74, 6) is 1.20. The van der Waals surface area contributed by atoms with Crippen LogP contribution in [-0.4, -0.2) is 61.0 Å². The summed E-state index contributed by atoms with van der Waals surface area (Å²) in [5.41, 5.74) is 2.02. The van der Waals surface area contributed by atoms with Gasteiger partial charge >= 0.3 is 0 Å². The average Bonchev–Trinajstić information content (AvgIpc) is 3.14. The Morgan fingerprint density at radius 1 is 1.29 bits per heavy atom. The maximum absolute atomic E-state index is 12.5. The van der Waals surface area contributed by atoms with Crippen molar-refractivity contribution >= 4 is 5.78 Å². The van der Waals surface area contributed by atoms with Crippen molar-refractivity contribution in [3.63, 3.8) is 0 Å². The molecule has 0 amide bonds. The van der Waals surface area contributed by atoms with E-state index >= 15 is 0 Å². The number of hydrogen-bond acceptors (Lipinski definition) is 4. The van der Waals surface area contributed by atoms with Gasteiger partial charge in [-0.2, -0.15) is 0 Å². The van der Waals surface area contributed by atoms with E-state index in [1.807, 2.05) is 18.2 Å². The highest BCUT2D eigenvalue weighted by Gasteiger charge is 2.31. The van der Waals surface area contributed by atoms with Gasteiger partial charge in [0.1, 0.15) is 5.75 Å². The number of ketones is 1. The van der Waals surface area contributed by atoms with Crippen LogP contribution in [0.1, 0.15) is 28.8 Å². The van der Waals surface area contributed by atoms with Gasteiger partial charge in [0.05, 0.1) is 13.2 Å². The maximum atomic E-state index is 12.5. The van der Waals surface area contributed by atoms with Crippen LogP contribution in [0.15, 0.2) is 18.2 Å². The van der Waals surface area contributed by atoms with Crippen molar-refractivity contribution in [1.29, 1.82) is 0 Å². The van der Waals surface area contributed by atoms with E-state index < -0.39 is 0 Å². The smallest absolute Gasteiger partial charge is 0.176 e. The Hall–Kier alpha value is -1.39. The van der Waals surface area contributed by atoms with Crippen molar-refractivity contribution in [1.82, 2.24) is 9.80 Å². The third kappa shape index (κ3) is 2.58. The summed E-state index contributed by atoms with van der Waals surface area (Å²) in [4.78, 5) is 17.4. The second kappa shape index (κ2) is 5.43. The summed E-state index contributed by atoms with van der Waals surface area (Å²) >= 11 is 0. The number of carbonyl (C=O) groups excluding carboxylic acids is 1. The Morgan fingerprint density at radius 3 is 3.19 bits per heavy atom. The third-order valence-electron chi connectivity index (χ3n) is 5.05. The summed E-state index contributed by atoms with van der Waals surface area (Å²) < 4.78 is 5.50. The van der Waals surface area contributed by atoms with Crippen LogP contribution in [-0.2, 0) is 6.42 Å². The average molecular weight is 286 g/mol. The lowest BCUT2D eigenvalue weighted by Gasteiger charge is -2.37. The summed E-state index contributed by atoms with van der Waals surface area (Å²) in [5, 5.41) is 0. The van der Waals surface area contributed by atoms with Crippen molar-refractivity contribution in [3.05, 3.63) is 29.3 Å². The van der Waals surface area contributed by atoms with Gasteiger partial charge in [0.2, 0.25) is 0 Å². The van der Waals surface area contributed by atoms with Crippen molar-refractivity contribution < 1.29 is 9.53 Å². The van der Waals surface area contributed by atoms with Gasteiger partial charge in [-0.25, -0.2) is 0 Å². The number of ether oxygens (including phenoxy) is 1.